The van der Waals surface area contributed by atoms with Crippen LogP contribution in [0.5, 0.6) is 0 Å². The van der Waals surface area contributed by atoms with Crippen molar-refractivity contribution in [1.82, 2.24) is 20.3 Å². The van der Waals surface area contributed by atoms with Gasteiger partial charge in [-0.15, -0.1) is 0 Å². The normalized spacial score (nSPS) is 12.2. The van der Waals surface area contributed by atoms with Crippen molar-refractivity contribution in [2.45, 2.75) is 19.5 Å². The van der Waals surface area contributed by atoms with E-state index in [1.807, 2.05) is 37.3 Å². The van der Waals surface area contributed by atoms with E-state index < -0.39 is 0 Å². The Labute approximate surface area is 128 Å². The summed E-state index contributed by atoms with van der Waals surface area (Å²) in [6.45, 7) is 2.47. The van der Waals surface area contributed by atoms with Gasteiger partial charge in [0.2, 0.25) is 5.89 Å². The highest BCUT2D eigenvalue weighted by atomic mass is 16.4. The quantitative estimate of drug-likeness (QED) is 0.752. The molecule has 3 N–H and O–H groups in total. The molecule has 2 heterocycles. The van der Waals surface area contributed by atoms with E-state index in [1.165, 1.54) is 0 Å². The number of oxazole rings is 1. The summed E-state index contributed by atoms with van der Waals surface area (Å²) in [5, 5.41) is 3.27. The molecule has 0 aliphatic rings. The fourth-order valence-corrected chi connectivity index (χ4v) is 2.06. The number of benzene rings is 1. The third-order valence-corrected chi connectivity index (χ3v) is 3.25. The smallest absolute Gasteiger partial charge is 0.211 e. The Morgan fingerprint density at radius 1 is 1.18 bits per heavy atom. The van der Waals surface area contributed by atoms with Crippen LogP contribution in [-0.4, -0.2) is 15.0 Å². The first-order valence-electron chi connectivity index (χ1n) is 7.04. The zero-order valence-electron chi connectivity index (χ0n) is 12.2. The maximum Gasteiger partial charge on any atom is 0.211 e. The first-order valence-corrected chi connectivity index (χ1v) is 7.04. The van der Waals surface area contributed by atoms with Crippen molar-refractivity contribution in [1.29, 1.82) is 0 Å². The Bertz CT molecular complexity index is 741. The van der Waals surface area contributed by atoms with E-state index in [1.54, 1.807) is 18.5 Å². The van der Waals surface area contributed by atoms with Gasteiger partial charge in [-0.05, 0) is 13.0 Å². The second kappa shape index (κ2) is 6.36. The topological polar surface area (TPSA) is 89.9 Å². The van der Waals surface area contributed by atoms with Crippen molar-refractivity contribution in [2.75, 3.05) is 5.73 Å². The van der Waals surface area contributed by atoms with Crippen LogP contribution in [0.25, 0.3) is 11.3 Å². The van der Waals surface area contributed by atoms with Crippen molar-refractivity contribution in [3.05, 3.63) is 60.5 Å². The van der Waals surface area contributed by atoms with Crippen molar-refractivity contribution in [3.63, 3.8) is 0 Å². The fraction of sp³-hybridized carbons (Fsp3) is 0.188. The number of aromatic nitrogens is 3. The molecule has 6 heteroatoms. The SMILES string of the molecule is C[C@H](NCc1nccc(N)n1)c1ncc(-c2ccccc2)o1. The fourth-order valence-electron chi connectivity index (χ4n) is 2.06. The average molecular weight is 295 g/mol. The highest BCUT2D eigenvalue weighted by Gasteiger charge is 2.13. The molecule has 1 aromatic carbocycles. The molecule has 0 amide bonds. The summed E-state index contributed by atoms with van der Waals surface area (Å²) in [5.41, 5.74) is 6.64. The Kier molecular flexibility index (Phi) is 4.11. The number of nitrogens with one attached hydrogen (secondary N) is 1. The second-order valence-electron chi connectivity index (χ2n) is 4.93. The van der Waals surface area contributed by atoms with E-state index in [9.17, 15) is 0 Å². The van der Waals surface area contributed by atoms with Crippen LogP contribution in [0.2, 0.25) is 0 Å². The second-order valence-corrected chi connectivity index (χ2v) is 4.93. The average Bonchev–Trinajstić information content (AvgIpc) is 3.04. The first-order chi connectivity index (χ1) is 10.7. The van der Waals surface area contributed by atoms with Crippen LogP contribution < -0.4 is 11.1 Å². The van der Waals surface area contributed by atoms with Gasteiger partial charge in [0.05, 0.1) is 18.8 Å². The van der Waals surface area contributed by atoms with Crippen molar-refractivity contribution in [3.8, 4) is 11.3 Å². The summed E-state index contributed by atoms with van der Waals surface area (Å²) in [6.07, 6.45) is 3.38. The van der Waals surface area contributed by atoms with E-state index in [4.69, 9.17) is 10.2 Å². The van der Waals surface area contributed by atoms with Gasteiger partial charge in [0.15, 0.2) is 5.76 Å². The molecule has 22 heavy (non-hydrogen) atoms. The zero-order chi connectivity index (χ0) is 15.4. The Morgan fingerprint density at radius 3 is 2.77 bits per heavy atom. The first kappa shape index (κ1) is 14.2. The van der Waals surface area contributed by atoms with E-state index in [-0.39, 0.29) is 6.04 Å². The van der Waals surface area contributed by atoms with Crippen LogP contribution in [0, 0.1) is 0 Å². The van der Waals surface area contributed by atoms with Gasteiger partial charge in [0.25, 0.3) is 0 Å². The predicted molar refractivity (Wildman–Crippen MR) is 83.6 cm³/mol. The van der Waals surface area contributed by atoms with Crippen molar-refractivity contribution in [2.24, 2.45) is 0 Å². The van der Waals surface area contributed by atoms with Gasteiger partial charge in [-0.25, -0.2) is 15.0 Å². The summed E-state index contributed by atoms with van der Waals surface area (Å²) in [4.78, 5) is 12.6. The van der Waals surface area contributed by atoms with E-state index in [0.29, 0.717) is 24.1 Å². The molecule has 112 valence electrons. The molecule has 0 unspecified atom stereocenters. The van der Waals surface area contributed by atoms with Crippen LogP contribution >= 0.6 is 0 Å². The van der Waals surface area contributed by atoms with Gasteiger partial charge in [-0.3, -0.25) is 5.32 Å². The largest absolute Gasteiger partial charge is 0.439 e. The monoisotopic (exact) mass is 295 g/mol. The molecule has 0 bridgehead atoms. The summed E-state index contributed by atoms with van der Waals surface area (Å²) >= 11 is 0. The minimum Gasteiger partial charge on any atom is -0.439 e. The number of anilines is 1. The minimum atomic E-state index is -0.0532. The summed E-state index contributed by atoms with van der Waals surface area (Å²) < 4.78 is 5.80. The van der Waals surface area contributed by atoms with Crippen LogP contribution in [0.3, 0.4) is 0 Å². The molecule has 0 spiro atoms. The van der Waals surface area contributed by atoms with Crippen molar-refractivity contribution < 1.29 is 4.42 Å². The maximum atomic E-state index is 5.80. The lowest BCUT2D eigenvalue weighted by Crippen LogP contribution is -2.20. The van der Waals surface area contributed by atoms with Gasteiger partial charge in [-0.1, -0.05) is 30.3 Å². The van der Waals surface area contributed by atoms with E-state index >= 15 is 0 Å². The molecular weight excluding hydrogens is 278 g/mol. The summed E-state index contributed by atoms with van der Waals surface area (Å²) in [6, 6.07) is 11.5. The molecule has 2 aromatic heterocycles. The van der Waals surface area contributed by atoms with E-state index in [2.05, 4.69) is 20.3 Å². The molecule has 0 aliphatic carbocycles. The lowest BCUT2D eigenvalue weighted by molar-refractivity contribution is 0.418. The maximum absolute atomic E-state index is 5.80. The summed E-state index contributed by atoms with van der Waals surface area (Å²) in [5.74, 6) is 2.48. The van der Waals surface area contributed by atoms with Gasteiger partial charge < -0.3 is 10.2 Å². The molecule has 0 saturated heterocycles. The third kappa shape index (κ3) is 3.29. The van der Waals surface area contributed by atoms with Crippen molar-refractivity contribution >= 4 is 5.82 Å². The highest BCUT2D eigenvalue weighted by Crippen LogP contribution is 2.22. The zero-order valence-corrected chi connectivity index (χ0v) is 12.2. The molecule has 0 saturated carbocycles. The van der Waals surface area contributed by atoms with Gasteiger partial charge in [0, 0.05) is 11.8 Å². The van der Waals surface area contributed by atoms with Gasteiger partial charge >= 0.3 is 0 Å². The molecule has 0 radical (unpaired) electrons. The lowest BCUT2D eigenvalue weighted by Gasteiger charge is -2.09. The van der Waals surface area contributed by atoms with Crippen LogP contribution in [-0.2, 0) is 6.54 Å². The standard InChI is InChI=1S/C16H17N5O/c1-11(19-10-15-18-8-7-14(17)21-15)16-20-9-13(22-16)12-5-3-2-4-6-12/h2-9,11,19H,10H2,1H3,(H2,17,18,21)/t11-/m0/s1. The molecule has 3 rings (SSSR count). The van der Waals surface area contributed by atoms with Crippen LogP contribution in [0.1, 0.15) is 24.7 Å². The van der Waals surface area contributed by atoms with E-state index in [0.717, 1.165) is 11.3 Å². The van der Waals surface area contributed by atoms with Crippen LogP contribution in [0.4, 0.5) is 5.82 Å². The Hall–Kier alpha value is -2.73. The lowest BCUT2D eigenvalue weighted by atomic mass is 10.2. The third-order valence-electron chi connectivity index (χ3n) is 3.25. The van der Waals surface area contributed by atoms with Gasteiger partial charge in [-0.2, -0.15) is 0 Å². The highest BCUT2D eigenvalue weighted by molar-refractivity contribution is 5.55. The molecule has 6 nitrogen and oxygen atoms in total. The minimum absolute atomic E-state index is 0.0532. The number of hydrogen-bond donors (Lipinski definition) is 2. The molecule has 0 aliphatic heterocycles. The molecule has 0 fully saturated rings. The summed E-state index contributed by atoms with van der Waals surface area (Å²) in [7, 11) is 0. The Morgan fingerprint density at radius 2 is 2.00 bits per heavy atom. The van der Waals surface area contributed by atoms with Crippen LogP contribution in [0.15, 0.2) is 53.2 Å². The molecule has 3 aromatic rings. The number of nitrogen functional groups attached to an aromatic ring is 1. The number of nitrogens with two attached hydrogens (primary N) is 1. The Balaban J connectivity index is 1.66. The number of hydrogen-bond acceptors (Lipinski definition) is 6. The molecular formula is C16H17N5O. The predicted octanol–water partition coefficient (Wildman–Crippen LogP) is 2.56. The molecule has 1 atom stereocenters. The number of rotatable bonds is 5. The van der Waals surface area contributed by atoms with Gasteiger partial charge in [0.1, 0.15) is 11.6 Å². The number of nitrogens with zero attached hydrogens (tertiary/aromatic N) is 3.